The zero-order valence-corrected chi connectivity index (χ0v) is 15.6. The first kappa shape index (κ1) is 21.8. The van der Waals surface area contributed by atoms with E-state index in [1.54, 1.807) is 12.1 Å². The minimum absolute atomic E-state index is 0. The predicted octanol–water partition coefficient (Wildman–Crippen LogP) is 5.43. The van der Waals surface area contributed by atoms with Crippen molar-refractivity contribution in [3.8, 4) is 0 Å². The summed E-state index contributed by atoms with van der Waals surface area (Å²) in [7, 11) is 0. The van der Waals surface area contributed by atoms with Crippen LogP contribution in [0.2, 0.25) is 0 Å². The molecule has 0 aliphatic carbocycles. The van der Waals surface area contributed by atoms with Crippen molar-refractivity contribution >= 4 is 17.9 Å². The van der Waals surface area contributed by atoms with E-state index in [0.29, 0.717) is 0 Å². The maximum absolute atomic E-state index is 12.4. The van der Waals surface area contributed by atoms with Crippen LogP contribution in [0.5, 0.6) is 0 Å². The van der Waals surface area contributed by atoms with E-state index in [0.717, 1.165) is 18.1 Å². The average Bonchev–Trinajstić information content (AvgIpc) is 2.58. The number of carbonyl (C=O) groups is 1. The van der Waals surface area contributed by atoms with E-state index in [-0.39, 0.29) is 54.9 Å². The number of aliphatic hydroxyl groups excluding tert-OH is 1. The fourth-order valence-corrected chi connectivity index (χ4v) is 2.04. The molecule has 25 heavy (non-hydrogen) atoms. The summed E-state index contributed by atoms with van der Waals surface area (Å²) in [5, 5.41) is 9.07. The molecule has 0 saturated carbocycles. The Bertz CT molecular complexity index is 777. The Kier molecular flexibility index (Phi) is 8.25. The molecule has 6 heteroatoms. The van der Waals surface area contributed by atoms with Gasteiger partial charge in [0.2, 0.25) is 5.76 Å². The van der Waals surface area contributed by atoms with Crippen molar-refractivity contribution in [1.82, 2.24) is 0 Å². The van der Waals surface area contributed by atoms with Crippen molar-refractivity contribution in [3.05, 3.63) is 82.6 Å². The van der Waals surface area contributed by atoms with Gasteiger partial charge in [-0.3, -0.25) is 4.79 Å². The molecule has 0 aliphatic heterocycles. The number of alkyl halides is 3. The monoisotopic (exact) mass is 485 g/mol. The Labute approximate surface area is 184 Å². The first-order valence-electron chi connectivity index (χ1n) is 7.14. The molecule has 0 aliphatic rings. The van der Waals surface area contributed by atoms with Gasteiger partial charge < -0.3 is 5.11 Å². The first-order chi connectivity index (χ1) is 11.3. The van der Waals surface area contributed by atoms with Crippen molar-refractivity contribution in [1.29, 1.82) is 0 Å². The normalized spacial score (nSPS) is 12.5. The quantitative estimate of drug-likeness (QED) is 0.272. The second-order valence-corrected chi connectivity index (χ2v) is 5.17. The van der Waals surface area contributed by atoms with Gasteiger partial charge >= 0.3 is 6.18 Å². The molecular weight excluding hydrogens is 469 g/mol. The number of Topliss-reactive ketones (excluding diaryl/α,β-unsaturated/α-hetero) is 1. The number of allylic oxidation sites excluding steroid dienone is 2. The third-order valence-electron chi connectivity index (χ3n) is 3.40. The van der Waals surface area contributed by atoms with Crippen LogP contribution < -0.4 is 0 Å². The molecule has 2 aromatic carbocycles. The van der Waals surface area contributed by atoms with Crippen molar-refractivity contribution in [2.75, 3.05) is 0 Å². The van der Waals surface area contributed by atoms with E-state index in [2.05, 4.69) is 0 Å². The molecule has 131 valence electrons. The van der Waals surface area contributed by atoms with Gasteiger partial charge in [0.05, 0.1) is 0 Å². The van der Waals surface area contributed by atoms with Gasteiger partial charge in [-0.25, -0.2) is 0 Å². The Morgan fingerprint density at radius 2 is 1.40 bits per heavy atom. The molecule has 0 amide bonds. The van der Waals surface area contributed by atoms with Crippen LogP contribution in [0.4, 0.5) is 13.2 Å². The van der Waals surface area contributed by atoms with Gasteiger partial charge in [0.1, 0.15) is 0 Å². The molecule has 1 radical (unpaired) electrons. The van der Waals surface area contributed by atoms with E-state index in [1.807, 2.05) is 42.5 Å². The minimum atomic E-state index is -4.93. The summed E-state index contributed by atoms with van der Waals surface area (Å²) in [6, 6.07) is 15.7. The fraction of sp³-hybridized carbons (Fsp3) is 0.105. The molecule has 0 heterocycles. The van der Waals surface area contributed by atoms with Gasteiger partial charge in [-0.1, -0.05) is 66.7 Å². The number of hydrogen-bond donors (Lipinski definition) is 1. The Morgan fingerprint density at radius 1 is 0.920 bits per heavy atom. The van der Waals surface area contributed by atoms with E-state index in [4.69, 9.17) is 5.11 Å². The van der Waals surface area contributed by atoms with E-state index in [9.17, 15) is 18.0 Å². The Hall–Kier alpha value is -1.24. The topological polar surface area (TPSA) is 37.3 Å². The van der Waals surface area contributed by atoms with Gasteiger partial charge in [-0.05, 0) is 18.1 Å². The summed E-state index contributed by atoms with van der Waals surface area (Å²) >= 11 is 0. The maximum Gasteiger partial charge on any atom is 0.449 e. The van der Waals surface area contributed by atoms with Gasteiger partial charge in [0, 0.05) is 60.5 Å². The number of hydrogen-bond acceptors (Lipinski definition) is 2. The largest absolute Gasteiger partial charge is 0.504 e. The van der Waals surface area contributed by atoms with E-state index in [1.165, 1.54) is 12.1 Å². The summed E-state index contributed by atoms with van der Waals surface area (Å²) in [6.45, 7) is 0.953. The molecule has 2 rings (SSSR count). The standard InChI is InChI=1S/C19H15F3O2.Eu/c1-13(18(24)19(20,21)22)17(23)16-11-9-15(10-12-16)8-7-14-5-3-2-4-6-14;/h2-12,24H,1H3;/b8-7+,18-13-;. The van der Waals surface area contributed by atoms with Crippen LogP contribution in [0.25, 0.3) is 12.2 Å². The third-order valence-corrected chi connectivity index (χ3v) is 3.40. The predicted molar refractivity (Wildman–Crippen MR) is 87.5 cm³/mol. The molecule has 1 N–H and O–H groups in total. The summed E-state index contributed by atoms with van der Waals surface area (Å²) in [5.74, 6) is -2.72. The van der Waals surface area contributed by atoms with Crippen LogP contribution in [0, 0.1) is 49.4 Å². The first-order valence-corrected chi connectivity index (χ1v) is 7.14. The Balaban J connectivity index is 0.00000312. The van der Waals surface area contributed by atoms with Crippen LogP contribution in [0.3, 0.4) is 0 Å². The number of rotatable bonds is 4. The second kappa shape index (κ2) is 9.46. The summed E-state index contributed by atoms with van der Waals surface area (Å²) in [6.07, 6.45) is -1.21. The smallest absolute Gasteiger partial charge is 0.449 e. The van der Waals surface area contributed by atoms with Crippen molar-refractivity contribution in [3.63, 3.8) is 0 Å². The molecule has 0 bridgehead atoms. The van der Waals surface area contributed by atoms with Gasteiger partial charge in [-0.15, -0.1) is 0 Å². The molecule has 0 unspecified atom stereocenters. The zero-order valence-electron chi connectivity index (χ0n) is 13.2. The molecule has 0 aromatic heterocycles. The van der Waals surface area contributed by atoms with Crippen molar-refractivity contribution in [2.45, 2.75) is 13.1 Å². The SMILES string of the molecule is C/C(C(=O)c1ccc(/C=C/c2ccccc2)cc1)=C(/O)C(F)(F)F.[Eu]. The molecule has 0 fully saturated rings. The molecule has 2 nitrogen and oxygen atoms in total. The number of carbonyl (C=O) groups excluding carboxylic acids is 1. The zero-order chi connectivity index (χ0) is 17.7. The van der Waals surface area contributed by atoms with Crippen LogP contribution in [0.1, 0.15) is 28.4 Å². The van der Waals surface area contributed by atoms with Crippen molar-refractivity contribution < 1.29 is 72.4 Å². The molecule has 0 saturated heterocycles. The fourth-order valence-electron chi connectivity index (χ4n) is 2.04. The van der Waals surface area contributed by atoms with E-state index < -0.39 is 23.3 Å². The number of halogens is 3. The third kappa shape index (κ3) is 6.21. The Morgan fingerprint density at radius 3 is 1.88 bits per heavy atom. The molecule has 0 atom stereocenters. The number of ketones is 1. The summed E-state index contributed by atoms with van der Waals surface area (Å²) < 4.78 is 37.3. The maximum atomic E-state index is 12.4. The van der Waals surface area contributed by atoms with Gasteiger partial charge in [0.15, 0.2) is 5.78 Å². The summed E-state index contributed by atoms with van der Waals surface area (Å²) in [4.78, 5) is 12.0. The van der Waals surface area contributed by atoms with E-state index >= 15 is 0 Å². The molecule has 0 spiro atoms. The van der Waals surface area contributed by atoms with Gasteiger partial charge in [0.25, 0.3) is 0 Å². The average molecular weight is 484 g/mol. The van der Waals surface area contributed by atoms with Gasteiger partial charge in [-0.2, -0.15) is 13.2 Å². The molecule has 2 aromatic rings. The number of aliphatic hydroxyl groups is 1. The van der Waals surface area contributed by atoms with Crippen molar-refractivity contribution in [2.24, 2.45) is 0 Å². The number of benzene rings is 2. The van der Waals surface area contributed by atoms with Crippen LogP contribution in [-0.2, 0) is 0 Å². The molecular formula is C19H15EuF3O2. The van der Waals surface area contributed by atoms with Crippen LogP contribution in [-0.4, -0.2) is 17.1 Å². The second-order valence-electron chi connectivity index (χ2n) is 5.17. The van der Waals surface area contributed by atoms with Crippen LogP contribution >= 0.6 is 0 Å². The van der Waals surface area contributed by atoms with Crippen LogP contribution in [0.15, 0.2) is 65.9 Å². The minimum Gasteiger partial charge on any atom is -0.504 e. The summed E-state index contributed by atoms with van der Waals surface area (Å²) in [5.41, 5.74) is 1.17.